The van der Waals surface area contributed by atoms with Gasteiger partial charge in [0.1, 0.15) is 5.75 Å². The van der Waals surface area contributed by atoms with Gasteiger partial charge in [-0.05, 0) is 19.4 Å². The van der Waals surface area contributed by atoms with Crippen LogP contribution >= 0.6 is 0 Å². The van der Waals surface area contributed by atoms with Crippen LogP contribution in [-0.2, 0) is 7.05 Å². The molecule has 5 nitrogen and oxygen atoms in total. The van der Waals surface area contributed by atoms with Gasteiger partial charge in [0.25, 0.3) is 0 Å². The van der Waals surface area contributed by atoms with E-state index in [0.29, 0.717) is 29.2 Å². The Kier molecular flexibility index (Phi) is 3.94. The summed E-state index contributed by atoms with van der Waals surface area (Å²) in [7, 11) is 1.79. The minimum absolute atomic E-state index is 0.0833. The van der Waals surface area contributed by atoms with Gasteiger partial charge in [-0.2, -0.15) is 5.10 Å². The highest BCUT2D eigenvalue weighted by atomic mass is 16.5. The van der Waals surface area contributed by atoms with Crippen LogP contribution in [0.5, 0.6) is 5.75 Å². The number of hydrogen-bond acceptors (Lipinski definition) is 4. The number of nitrogens with zero attached hydrogens (tertiary/aromatic N) is 3. The number of pyridine rings is 1. The number of aromatic nitrogens is 3. The number of ether oxygens (including phenoxy) is 1. The number of rotatable bonds is 5. The first kappa shape index (κ1) is 13.3. The maximum absolute atomic E-state index is 12.4. The molecule has 0 saturated carbocycles. The van der Waals surface area contributed by atoms with Gasteiger partial charge >= 0.3 is 0 Å². The average Bonchev–Trinajstić information content (AvgIpc) is 2.75. The minimum atomic E-state index is -0.0833. The summed E-state index contributed by atoms with van der Waals surface area (Å²) in [5.41, 5.74) is 1.83. The third-order valence-corrected chi connectivity index (χ3v) is 2.71. The molecule has 2 aromatic heterocycles. The standard InChI is InChI=1S/C14H17N3O2/c1-4-5-19-12-6-11(7-15-8-12)14(18)13-9-17(3)16-10(13)2/h6-9H,4-5H2,1-3H3. The van der Waals surface area contributed by atoms with Crippen molar-refractivity contribution in [1.29, 1.82) is 0 Å². The second-order valence-corrected chi connectivity index (χ2v) is 4.39. The third kappa shape index (κ3) is 2.99. The van der Waals surface area contributed by atoms with Crippen LogP contribution in [0.2, 0.25) is 0 Å². The van der Waals surface area contributed by atoms with E-state index in [0.717, 1.165) is 6.42 Å². The summed E-state index contributed by atoms with van der Waals surface area (Å²) in [5.74, 6) is 0.536. The molecule has 0 aliphatic heterocycles. The Morgan fingerprint density at radius 2 is 2.21 bits per heavy atom. The predicted molar refractivity (Wildman–Crippen MR) is 71.4 cm³/mol. The molecule has 0 amide bonds. The zero-order valence-electron chi connectivity index (χ0n) is 11.4. The first-order chi connectivity index (χ1) is 9.11. The molecule has 2 heterocycles. The van der Waals surface area contributed by atoms with Crippen molar-refractivity contribution in [2.45, 2.75) is 20.3 Å². The van der Waals surface area contributed by atoms with Crippen molar-refractivity contribution in [1.82, 2.24) is 14.8 Å². The second kappa shape index (κ2) is 5.65. The predicted octanol–water partition coefficient (Wildman–Crippen LogP) is 2.14. The van der Waals surface area contributed by atoms with E-state index >= 15 is 0 Å². The fourth-order valence-electron chi connectivity index (χ4n) is 1.82. The normalized spacial score (nSPS) is 10.5. The minimum Gasteiger partial charge on any atom is -0.492 e. The lowest BCUT2D eigenvalue weighted by atomic mass is 10.1. The Hall–Kier alpha value is -2.17. The fourth-order valence-corrected chi connectivity index (χ4v) is 1.82. The summed E-state index contributed by atoms with van der Waals surface area (Å²) in [6.07, 6.45) is 5.80. The summed E-state index contributed by atoms with van der Waals surface area (Å²) in [5, 5.41) is 4.17. The van der Waals surface area contributed by atoms with Crippen LogP contribution in [0, 0.1) is 6.92 Å². The molecule has 0 N–H and O–H groups in total. The highest BCUT2D eigenvalue weighted by molar-refractivity contribution is 6.09. The third-order valence-electron chi connectivity index (χ3n) is 2.71. The van der Waals surface area contributed by atoms with E-state index in [4.69, 9.17) is 4.74 Å². The maximum Gasteiger partial charge on any atom is 0.198 e. The molecule has 0 spiro atoms. The van der Waals surface area contributed by atoms with Gasteiger partial charge < -0.3 is 4.74 Å². The van der Waals surface area contributed by atoms with E-state index in [1.165, 1.54) is 0 Å². The molecule has 5 heteroatoms. The molecule has 2 aromatic rings. The van der Waals surface area contributed by atoms with Gasteiger partial charge in [0.05, 0.1) is 24.1 Å². The quantitative estimate of drug-likeness (QED) is 0.772. The van der Waals surface area contributed by atoms with E-state index in [1.807, 2.05) is 13.8 Å². The number of carbonyl (C=O) groups excluding carboxylic acids is 1. The van der Waals surface area contributed by atoms with Crippen molar-refractivity contribution in [3.63, 3.8) is 0 Å². The molecule has 0 aliphatic carbocycles. The zero-order valence-corrected chi connectivity index (χ0v) is 11.4. The van der Waals surface area contributed by atoms with E-state index in [9.17, 15) is 4.79 Å². The average molecular weight is 259 g/mol. The van der Waals surface area contributed by atoms with Gasteiger partial charge in [-0.15, -0.1) is 0 Å². The van der Waals surface area contributed by atoms with Gasteiger partial charge in [-0.1, -0.05) is 6.92 Å². The first-order valence-corrected chi connectivity index (χ1v) is 6.24. The van der Waals surface area contributed by atoms with Crippen molar-refractivity contribution in [3.8, 4) is 5.75 Å². The van der Waals surface area contributed by atoms with Gasteiger partial charge in [0, 0.05) is 25.0 Å². The Labute approximate surface area is 112 Å². The number of ketones is 1. The molecule has 0 atom stereocenters. The van der Waals surface area contributed by atoms with Crippen LogP contribution in [0.1, 0.15) is 35.0 Å². The molecule has 0 bridgehead atoms. The zero-order chi connectivity index (χ0) is 13.8. The molecular formula is C14H17N3O2. The van der Waals surface area contributed by atoms with Crippen molar-refractivity contribution in [3.05, 3.63) is 41.5 Å². The molecule has 0 saturated heterocycles. The lowest BCUT2D eigenvalue weighted by Crippen LogP contribution is -2.04. The molecule has 0 unspecified atom stereocenters. The lowest BCUT2D eigenvalue weighted by molar-refractivity contribution is 0.103. The molecule has 19 heavy (non-hydrogen) atoms. The van der Waals surface area contributed by atoms with E-state index in [2.05, 4.69) is 10.1 Å². The van der Waals surface area contributed by atoms with E-state index in [1.54, 1.807) is 36.4 Å². The number of aryl methyl sites for hydroxylation is 2. The number of hydrogen-bond donors (Lipinski definition) is 0. The highest BCUT2D eigenvalue weighted by Crippen LogP contribution is 2.16. The molecule has 0 radical (unpaired) electrons. The van der Waals surface area contributed by atoms with Crippen molar-refractivity contribution < 1.29 is 9.53 Å². The Morgan fingerprint density at radius 1 is 1.42 bits per heavy atom. The van der Waals surface area contributed by atoms with Crippen LogP contribution in [0.15, 0.2) is 24.7 Å². The largest absolute Gasteiger partial charge is 0.492 e. The number of carbonyl (C=O) groups is 1. The van der Waals surface area contributed by atoms with Crippen LogP contribution in [0.4, 0.5) is 0 Å². The summed E-state index contributed by atoms with van der Waals surface area (Å²) in [6, 6.07) is 1.72. The Morgan fingerprint density at radius 3 is 2.84 bits per heavy atom. The van der Waals surface area contributed by atoms with Crippen LogP contribution in [-0.4, -0.2) is 27.2 Å². The summed E-state index contributed by atoms with van der Waals surface area (Å²) >= 11 is 0. The fraction of sp³-hybridized carbons (Fsp3) is 0.357. The maximum atomic E-state index is 12.4. The SMILES string of the molecule is CCCOc1cncc(C(=O)c2cn(C)nc2C)c1. The van der Waals surface area contributed by atoms with Gasteiger partial charge in [-0.3, -0.25) is 14.5 Å². The van der Waals surface area contributed by atoms with Crippen LogP contribution in [0.3, 0.4) is 0 Å². The Bertz CT molecular complexity index is 590. The summed E-state index contributed by atoms with van der Waals surface area (Å²) in [4.78, 5) is 16.4. The topological polar surface area (TPSA) is 57.0 Å². The lowest BCUT2D eigenvalue weighted by Gasteiger charge is -2.05. The first-order valence-electron chi connectivity index (χ1n) is 6.24. The van der Waals surface area contributed by atoms with E-state index < -0.39 is 0 Å². The summed E-state index contributed by atoms with van der Waals surface area (Å²) < 4.78 is 7.11. The Balaban J connectivity index is 2.26. The van der Waals surface area contributed by atoms with Gasteiger partial charge in [0.15, 0.2) is 5.78 Å². The molecule has 0 fully saturated rings. The molecular weight excluding hydrogens is 242 g/mol. The van der Waals surface area contributed by atoms with Crippen molar-refractivity contribution >= 4 is 5.78 Å². The monoisotopic (exact) mass is 259 g/mol. The highest BCUT2D eigenvalue weighted by Gasteiger charge is 2.15. The van der Waals surface area contributed by atoms with Gasteiger partial charge in [0.2, 0.25) is 0 Å². The van der Waals surface area contributed by atoms with Crippen molar-refractivity contribution in [2.75, 3.05) is 6.61 Å². The molecule has 100 valence electrons. The molecule has 0 aromatic carbocycles. The van der Waals surface area contributed by atoms with Crippen LogP contribution < -0.4 is 4.74 Å². The smallest absolute Gasteiger partial charge is 0.198 e. The van der Waals surface area contributed by atoms with Crippen molar-refractivity contribution in [2.24, 2.45) is 7.05 Å². The van der Waals surface area contributed by atoms with Crippen LogP contribution in [0.25, 0.3) is 0 Å². The molecule has 0 aliphatic rings. The second-order valence-electron chi connectivity index (χ2n) is 4.39. The van der Waals surface area contributed by atoms with E-state index in [-0.39, 0.29) is 5.78 Å². The summed E-state index contributed by atoms with van der Waals surface area (Å²) in [6.45, 7) is 4.46. The van der Waals surface area contributed by atoms with Gasteiger partial charge in [-0.25, -0.2) is 0 Å². The molecule has 2 rings (SSSR count).